The van der Waals surface area contributed by atoms with Gasteiger partial charge in [0.2, 0.25) is 0 Å². The van der Waals surface area contributed by atoms with Crippen LogP contribution < -0.4 is 5.56 Å². The summed E-state index contributed by atoms with van der Waals surface area (Å²) in [5, 5.41) is 1.23. The Bertz CT molecular complexity index is 1180. The van der Waals surface area contributed by atoms with E-state index in [1.807, 2.05) is 36.5 Å². The first-order valence-electron chi connectivity index (χ1n) is 9.72. The molecular formula is C22H22N4OS. The molecule has 5 rings (SSSR count). The number of rotatable bonds is 3. The van der Waals surface area contributed by atoms with Crippen LogP contribution in [-0.4, -0.2) is 32.4 Å². The molecule has 5 nitrogen and oxygen atoms in total. The van der Waals surface area contributed by atoms with Crippen molar-refractivity contribution in [3.63, 3.8) is 0 Å². The lowest BCUT2D eigenvalue weighted by Crippen LogP contribution is -2.34. The number of fused-ring (bicyclic) bond motifs is 2. The first-order valence-corrected chi connectivity index (χ1v) is 10.5. The van der Waals surface area contributed by atoms with Gasteiger partial charge in [-0.05, 0) is 56.1 Å². The number of hydrogen-bond donors (Lipinski definition) is 0. The van der Waals surface area contributed by atoms with Gasteiger partial charge in [-0.25, -0.2) is 9.97 Å². The van der Waals surface area contributed by atoms with Crippen molar-refractivity contribution in [2.75, 3.05) is 13.1 Å². The quantitative estimate of drug-likeness (QED) is 0.531. The molecule has 0 spiro atoms. The molecule has 0 aliphatic carbocycles. The molecule has 4 aromatic rings. The molecule has 4 heterocycles. The van der Waals surface area contributed by atoms with Gasteiger partial charge in [-0.3, -0.25) is 14.1 Å². The minimum absolute atomic E-state index is 0.0141. The second-order valence-corrected chi connectivity index (χ2v) is 8.67. The van der Waals surface area contributed by atoms with Gasteiger partial charge in [0, 0.05) is 31.3 Å². The highest BCUT2D eigenvalue weighted by Gasteiger charge is 2.24. The van der Waals surface area contributed by atoms with Crippen molar-refractivity contribution in [1.29, 1.82) is 0 Å². The third kappa shape index (κ3) is 3.34. The van der Waals surface area contributed by atoms with Gasteiger partial charge in [-0.2, -0.15) is 0 Å². The van der Waals surface area contributed by atoms with Gasteiger partial charge in [0.1, 0.15) is 5.65 Å². The second kappa shape index (κ2) is 7.11. The van der Waals surface area contributed by atoms with E-state index in [1.165, 1.54) is 16.1 Å². The van der Waals surface area contributed by atoms with Crippen LogP contribution in [0.5, 0.6) is 0 Å². The normalized spacial score (nSPS) is 18.1. The zero-order chi connectivity index (χ0) is 19.1. The van der Waals surface area contributed by atoms with E-state index in [9.17, 15) is 4.79 Å². The predicted octanol–water partition coefficient (Wildman–Crippen LogP) is 3.99. The number of hydrogen-bond acceptors (Lipinski definition) is 5. The van der Waals surface area contributed by atoms with E-state index in [0.717, 1.165) is 41.9 Å². The number of piperidine rings is 1. The lowest BCUT2D eigenvalue weighted by molar-refractivity contribution is 0.198. The molecular weight excluding hydrogens is 368 g/mol. The summed E-state index contributed by atoms with van der Waals surface area (Å²) in [6.45, 7) is 4.73. The molecule has 1 aliphatic heterocycles. The van der Waals surface area contributed by atoms with E-state index < -0.39 is 0 Å². The first-order chi connectivity index (χ1) is 13.7. The summed E-state index contributed by atoms with van der Waals surface area (Å²) >= 11 is 1.81. The molecule has 6 heteroatoms. The Hall–Kier alpha value is -2.57. The van der Waals surface area contributed by atoms with Crippen LogP contribution in [0.2, 0.25) is 0 Å². The van der Waals surface area contributed by atoms with Gasteiger partial charge in [0.25, 0.3) is 5.56 Å². The number of pyridine rings is 1. The van der Waals surface area contributed by atoms with E-state index in [1.54, 1.807) is 16.7 Å². The predicted molar refractivity (Wildman–Crippen MR) is 113 cm³/mol. The van der Waals surface area contributed by atoms with Crippen molar-refractivity contribution in [3.8, 4) is 0 Å². The minimum atomic E-state index is -0.0141. The van der Waals surface area contributed by atoms with Gasteiger partial charge >= 0.3 is 0 Å². The monoisotopic (exact) mass is 390 g/mol. The number of benzene rings is 1. The third-order valence-corrected chi connectivity index (χ3v) is 6.63. The van der Waals surface area contributed by atoms with Gasteiger partial charge < -0.3 is 0 Å². The Balaban J connectivity index is 1.38. The maximum atomic E-state index is 12.4. The van der Waals surface area contributed by atoms with Crippen molar-refractivity contribution < 1.29 is 0 Å². The summed E-state index contributed by atoms with van der Waals surface area (Å²) in [4.78, 5) is 24.4. The summed E-state index contributed by atoms with van der Waals surface area (Å²) in [5.41, 5.74) is 3.76. The molecule has 1 fully saturated rings. The van der Waals surface area contributed by atoms with Crippen LogP contribution >= 0.6 is 11.3 Å². The molecule has 0 bridgehead atoms. The Morgan fingerprint density at radius 3 is 2.96 bits per heavy atom. The molecule has 1 aliphatic rings. The smallest absolute Gasteiger partial charge is 0.258 e. The maximum absolute atomic E-state index is 12.4. The number of aromatic nitrogens is 3. The molecule has 28 heavy (non-hydrogen) atoms. The van der Waals surface area contributed by atoms with Crippen molar-refractivity contribution in [2.45, 2.75) is 32.2 Å². The van der Waals surface area contributed by atoms with Crippen LogP contribution in [0.1, 0.15) is 35.0 Å². The average Bonchev–Trinajstić information content (AvgIpc) is 3.12. The van der Waals surface area contributed by atoms with Crippen molar-refractivity contribution in [3.05, 3.63) is 75.3 Å². The molecule has 0 radical (unpaired) electrons. The standard InChI is InChI=1S/C22H22N4OS/c1-15-8-10-26-20(11-15)23-17(12-21(26)27)14-25-9-4-5-16(13-25)22-24-18-6-2-3-7-19(18)28-22/h2-3,6-8,10-12,16H,4-5,9,13-14H2,1H3/t16-/m0/s1. The van der Waals surface area contributed by atoms with Crippen molar-refractivity contribution in [2.24, 2.45) is 0 Å². The van der Waals surface area contributed by atoms with Crippen LogP contribution in [0, 0.1) is 6.92 Å². The SMILES string of the molecule is Cc1ccn2c(=O)cc(CN3CCC[C@H](c4nc5ccccc5s4)C3)nc2c1. The fourth-order valence-corrected chi connectivity index (χ4v) is 5.12. The van der Waals surface area contributed by atoms with Crippen LogP contribution in [0.4, 0.5) is 0 Å². The number of nitrogens with zero attached hydrogens (tertiary/aromatic N) is 4. The summed E-state index contributed by atoms with van der Waals surface area (Å²) in [7, 11) is 0. The lowest BCUT2D eigenvalue weighted by atomic mass is 9.98. The van der Waals surface area contributed by atoms with Gasteiger partial charge in [0.15, 0.2) is 0 Å². The molecule has 3 aromatic heterocycles. The van der Waals surface area contributed by atoms with Gasteiger partial charge in [0.05, 0.1) is 20.9 Å². The average molecular weight is 391 g/mol. The Kier molecular flexibility index (Phi) is 4.45. The van der Waals surface area contributed by atoms with E-state index >= 15 is 0 Å². The number of aryl methyl sites for hydroxylation is 1. The fourth-order valence-electron chi connectivity index (χ4n) is 4.03. The molecule has 1 atom stereocenters. The Morgan fingerprint density at radius 2 is 2.07 bits per heavy atom. The van der Waals surface area contributed by atoms with E-state index in [0.29, 0.717) is 12.5 Å². The van der Waals surface area contributed by atoms with E-state index in [-0.39, 0.29) is 5.56 Å². The molecule has 142 valence electrons. The van der Waals surface area contributed by atoms with Crippen LogP contribution in [0.25, 0.3) is 15.9 Å². The molecule has 1 aromatic carbocycles. The highest BCUT2D eigenvalue weighted by Crippen LogP contribution is 2.33. The molecule has 0 N–H and O–H groups in total. The van der Waals surface area contributed by atoms with Gasteiger partial charge in [-0.1, -0.05) is 12.1 Å². The number of para-hydroxylation sites is 1. The summed E-state index contributed by atoms with van der Waals surface area (Å²) in [6.07, 6.45) is 4.11. The topological polar surface area (TPSA) is 50.5 Å². The van der Waals surface area contributed by atoms with E-state index in [4.69, 9.17) is 9.97 Å². The lowest BCUT2D eigenvalue weighted by Gasteiger charge is -2.31. The van der Waals surface area contributed by atoms with E-state index in [2.05, 4.69) is 23.1 Å². The summed E-state index contributed by atoms with van der Waals surface area (Å²) in [6, 6.07) is 13.9. The van der Waals surface area contributed by atoms with Crippen LogP contribution in [-0.2, 0) is 6.54 Å². The molecule has 0 saturated carbocycles. The van der Waals surface area contributed by atoms with Gasteiger partial charge in [-0.15, -0.1) is 11.3 Å². The molecule has 0 unspecified atom stereocenters. The fraction of sp³-hybridized carbons (Fsp3) is 0.318. The summed E-state index contributed by atoms with van der Waals surface area (Å²) < 4.78 is 2.87. The van der Waals surface area contributed by atoms with Crippen molar-refractivity contribution >= 4 is 27.2 Å². The molecule has 1 saturated heterocycles. The maximum Gasteiger partial charge on any atom is 0.258 e. The largest absolute Gasteiger partial charge is 0.297 e. The second-order valence-electron chi connectivity index (χ2n) is 7.61. The highest BCUT2D eigenvalue weighted by atomic mass is 32.1. The first kappa shape index (κ1) is 17.5. The van der Waals surface area contributed by atoms with Crippen LogP contribution in [0.3, 0.4) is 0 Å². The minimum Gasteiger partial charge on any atom is -0.297 e. The third-order valence-electron chi connectivity index (χ3n) is 5.43. The number of thiazole rings is 1. The van der Waals surface area contributed by atoms with Crippen LogP contribution in [0.15, 0.2) is 53.5 Å². The number of likely N-dealkylation sites (tertiary alicyclic amines) is 1. The Labute approximate surface area is 167 Å². The zero-order valence-electron chi connectivity index (χ0n) is 15.8. The highest BCUT2D eigenvalue weighted by molar-refractivity contribution is 7.18. The summed E-state index contributed by atoms with van der Waals surface area (Å²) in [5.74, 6) is 0.454. The molecule has 0 amide bonds. The van der Waals surface area contributed by atoms with Crippen molar-refractivity contribution in [1.82, 2.24) is 19.3 Å². The Morgan fingerprint density at radius 1 is 1.18 bits per heavy atom. The zero-order valence-corrected chi connectivity index (χ0v) is 16.7.